The molecule has 0 spiro atoms. The molecule has 0 fully saturated rings. The number of furan rings is 1. The lowest BCUT2D eigenvalue weighted by atomic mass is 9.90. The third-order valence-corrected chi connectivity index (χ3v) is 5.98. The number of para-hydroxylation sites is 1. The summed E-state index contributed by atoms with van der Waals surface area (Å²) in [5.41, 5.74) is 3.17. The quantitative estimate of drug-likeness (QED) is 0.344. The maximum Gasteiger partial charge on any atom is 0.287 e. The smallest absolute Gasteiger partial charge is 0.287 e. The summed E-state index contributed by atoms with van der Waals surface area (Å²) in [4.78, 5) is 29.0. The van der Waals surface area contributed by atoms with E-state index >= 15 is 0 Å². The van der Waals surface area contributed by atoms with Crippen LogP contribution in [-0.4, -0.2) is 36.5 Å². The predicted octanol–water partition coefficient (Wildman–Crippen LogP) is 4.47. The Morgan fingerprint density at radius 1 is 1.03 bits per heavy atom. The van der Waals surface area contributed by atoms with E-state index in [4.69, 9.17) is 9.15 Å². The molecule has 0 saturated heterocycles. The summed E-state index contributed by atoms with van der Waals surface area (Å²) in [7, 11) is 1.63. The Balaban J connectivity index is 1.57. The van der Waals surface area contributed by atoms with E-state index in [0.717, 1.165) is 27.8 Å². The molecule has 0 aliphatic heterocycles. The summed E-state index contributed by atoms with van der Waals surface area (Å²) in [5.74, 6) is 0.0841. The first-order chi connectivity index (χ1) is 16.5. The predicted molar refractivity (Wildman–Crippen MR) is 131 cm³/mol. The van der Waals surface area contributed by atoms with E-state index in [9.17, 15) is 9.59 Å². The molecule has 0 aliphatic rings. The molecule has 4 aromatic rings. The number of benzene rings is 2. The molecule has 3 N–H and O–H groups in total. The molecule has 0 aliphatic carbocycles. The van der Waals surface area contributed by atoms with Gasteiger partial charge in [0, 0.05) is 29.6 Å². The Labute approximate surface area is 198 Å². The van der Waals surface area contributed by atoms with Gasteiger partial charge in [0.05, 0.1) is 13.4 Å². The van der Waals surface area contributed by atoms with Crippen molar-refractivity contribution in [2.75, 3.05) is 13.7 Å². The minimum Gasteiger partial charge on any atom is -0.497 e. The van der Waals surface area contributed by atoms with Crippen molar-refractivity contribution in [3.8, 4) is 5.75 Å². The Hall–Kier alpha value is -4.00. The number of methoxy groups -OCH3 is 1. The second-order valence-electron chi connectivity index (χ2n) is 8.53. The number of nitrogens with one attached hydrogen (secondary N) is 3. The van der Waals surface area contributed by atoms with E-state index in [0.29, 0.717) is 6.54 Å². The number of aromatic nitrogens is 1. The molecule has 2 heterocycles. The highest BCUT2D eigenvalue weighted by molar-refractivity contribution is 5.95. The van der Waals surface area contributed by atoms with Crippen LogP contribution in [0.25, 0.3) is 10.9 Å². The van der Waals surface area contributed by atoms with Crippen LogP contribution < -0.4 is 15.4 Å². The highest BCUT2D eigenvalue weighted by atomic mass is 16.5. The van der Waals surface area contributed by atoms with Gasteiger partial charge in [0.2, 0.25) is 5.91 Å². The number of ether oxygens (including phenoxy) is 1. The largest absolute Gasteiger partial charge is 0.497 e. The van der Waals surface area contributed by atoms with E-state index in [2.05, 4.69) is 21.7 Å². The number of rotatable bonds is 9. The van der Waals surface area contributed by atoms with Crippen LogP contribution in [0.15, 0.2) is 77.5 Å². The molecule has 2 unspecified atom stereocenters. The fourth-order valence-electron chi connectivity index (χ4n) is 4.09. The Morgan fingerprint density at radius 3 is 2.47 bits per heavy atom. The SMILES string of the molecule is COc1ccc(C(CNC(=O)C(NC(=O)c2ccco2)C(C)C)c2c[nH]c3ccccc23)cc1. The van der Waals surface area contributed by atoms with Gasteiger partial charge in [0.1, 0.15) is 11.8 Å². The van der Waals surface area contributed by atoms with Gasteiger partial charge in [-0.3, -0.25) is 9.59 Å². The molecule has 2 amide bonds. The van der Waals surface area contributed by atoms with E-state index in [1.807, 2.05) is 62.5 Å². The molecule has 0 bridgehead atoms. The van der Waals surface area contributed by atoms with Gasteiger partial charge in [0.25, 0.3) is 5.91 Å². The molecule has 176 valence electrons. The van der Waals surface area contributed by atoms with Crippen LogP contribution in [0, 0.1) is 5.92 Å². The number of H-pyrrole nitrogens is 1. The number of carbonyl (C=O) groups excluding carboxylic acids is 2. The van der Waals surface area contributed by atoms with Gasteiger partial charge in [-0.1, -0.05) is 44.2 Å². The van der Waals surface area contributed by atoms with Crippen LogP contribution in [-0.2, 0) is 4.79 Å². The third kappa shape index (κ3) is 4.98. The summed E-state index contributed by atoms with van der Waals surface area (Å²) >= 11 is 0. The van der Waals surface area contributed by atoms with E-state index in [-0.39, 0.29) is 23.5 Å². The minimum absolute atomic E-state index is 0.0976. The van der Waals surface area contributed by atoms with Crippen molar-refractivity contribution in [3.63, 3.8) is 0 Å². The fourth-order valence-corrected chi connectivity index (χ4v) is 4.09. The van der Waals surface area contributed by atoms with Gasteiger partial charge in [-0.05, 0) is 47.4 Å². The number of carbonyl (C=O) groups is 2. The van der Waals surface area contributed by atoms with Crippen LogP contribution in [0.3, 0.4) is 0 Å². The van der Waals surface area contributed by atoms with Crippen molar-refractivity contribution in [1.29, 1.82) is 0 Å². The van der Waals surface area contributed by atoms with Gasteiger partial charge in [-0.25, -0.2) is 0 Å². The first kappa shape index (κ1) is 23.2. The second-order valence-corrected chi connectivity index (χ2v) is 8.53. The van der Waals surface area contributed by atoms with Crippen LogP contribution in [0.4, 0.5) is 0 Å². The van der Waals surface area contributed by atoms with Crippen molar-refractivity contribution in [1.82, 2.24) is 15.6 Å². The highest BCUT2D eigenvalue weighted by Crippen LogP contribution is 2.31. The van der Waals surface area contributed by atoms with E-state index in [1.54, 1.807) is 19.2 Å². The zero-order chi connectivity index (χ0) is 24.1. The summed E-state index contributed by atoms with van der Waals surface area (Å²) in [6, 6.07) is 18.5. The van der Waals surface area contributed by atoms with Crippen molar-refractivity contribution in [2.45, 2.75) is 25.8 Å². The van der Waals surface area contributed by atoms with E-state index < -0.39 is 11.9 Å². The lowest BCUT2D eigenvalue weighted by molar-refractivity contribution is -0.123. The first-order valence-electron chi connectivity index (χ1n) is 11.3. The molecule has 2 aromatic heterocycles. The Kier molecular flexibility index (Phi) is 7.01. The number of aromatic amines is 1. The topological polar surface area (TPSA) is 96.4 Å². The first-order valence-corrected chi connectivity index (χ1v) is 11.3. The molecule has 7 nitrogen and oxygen atoms in total. The summed E-state index contributed by atoms with van der Waals surface area (Å²) in [6.45, 7) is 4.16. The van der Waals surface area contributed by atoms with Crippen LogP contribution in [0.5, 0.6) is 5.75 Å². The average molecular weight is 460 g/mol. The normalized spacial score (nSPS) is 12.9. The van der Waals surface area contributed by atoms with Crippen LogP contribution in [0.2, 0.25) is 0 Å². The molecule has 2 atom stereocenters. The maximum absolute atomic E-state index is 13.2. The molecule has 0 saturated carbocycles. The van der Waals surface area contributed by atoms with Crippen LogP contribution in [0.1, 0.15) is 41.4 Å². The molecular formula is C27H29N3O4. The minimum atomic E-state index is -0.697. The van der Waals surface area contributed by atoms with Gasteiger partial charge in [0.15, 0.2) is 5.76 Å². The molecule has 0 radical (unpaired) electrons. The molecule has 4 rings (SSSR count). The van der Waals surface area contributed by atoms with Gasteiger partial charge in [-0.2, -0.15) is 0 Å². The third-order valence-electron chi connectivity index (χ3n) is 5.98. The molecule has 34 heavy (non-hydrogen) atoms. The Bertz CT molecular complexity index is 1240. The zero-order valence-electron chi connectivity index (χ0n) is 19.5. The van der Waals surface area contributed by atoms with Crippen molar-refractivity contribution >= 4 is 22.7 Å². The number of hydrogen-bond donors (Lipinski definition) is 3. The Morgan fingerprint density at radius 2 is 1.79 bits per heavy atom. The highest BCUT2D eigenvalue weighted by Gasteiger charge is 2.27. The lowest BCUT2D eigenvalue weighted by Crippen LogP contribution is -2.50. The molecule has 7 heteroatoms. The zero-order valence-corrected chi connectivity index (χ0v) is 19.5. The van der Waals surface area contributed by atoms with Gasteiger partial charge in [-0.15, -0.1) is 0 Å². The van der Waals surface area contributed by atoms with Crippen molar-refractivity contribution < 1.29 is 18.7 Å². The van der Waals surface area contributed by atoms with Crippen molar-refractivity contribution in [3.05, 3.63) is 90.0 Å². The fraction of sp³-hybridized carbons (Fsp3) is 0.259. The summed E-state index contributed by atoms with van der Waals surface area (Å²) < 4.78 is 10.5. The monoisotopic (exact) mass is 459 g/mol. The standard InChI is InChI=1S/C27H29N3O4/c1-17(2)25(30-26(31)24-9-6-14-34-24)27(32)29-15-21(18-10-12-19(33-3)13-11-18)22-16-28-23-8-5-4-7-20(22)23/h4-14,16-17,21,25,28H,15H2,1-3H3,(H,29,32)(H,30,31). The van der Waals surface area contributed by atoms with Crippen molar-refractivity contribution in [2.24, 2.45) is 5.92 Å². The maximum atomic E-state index is 13.2. The van der Waals surface area contributed by atoms with Gasteiger partial charge < -0.3 is 24.8 Å². The average Bonchev–Trinajstić information content (AvgIpc) is 3.53. The van der Waals surface area contributed by atoms with Gasteiger partial charge >= 0.3 is 0 Å². The number of amides is 2. The summed E-state index contributed by atoms with van der Waals surface area (Å²) in [6.07, 6.45) is 3.42. The summed E-state index contributed by atoms with van der Waals surface area (Å²) in [5, 5.41) is 6.96. The number of hydrogen-bond acceptors (Lipinski definition) is 4. The second kappa shape index (κ2) is 10.3. The van der Waals surface area contributed by atoms with E-state index in [1.165, 1.54) is 6.26 Å². The lowest BCUT2D eigenvalue weighted by Gasteiger charge is -2.24. The van der Waals surface area contributed by atoms with Crippen LogP contribution >= 0.6 is 0 Å². The molecule has 2 aromatic carbocycles. The molecular weight excluding hydrogens is 430 g/mol. The number of fused-ring (bicyclic) bond motifs is 1.